The molecule has 1 aliphatic heterocycles. The van der Waals surface area contributed by atoms with E-state index >= 15 is 0 Å². The lowest BCUT2D eigenvalue weighted by molar-refractivity contribution is 0.114. The predicted octanol–water partition coefficient (Wildman–Crippen LogP) is 2.76. The Morgan fingerprint density at radius 1 is 1.55 bits per heavy atom. The number of guanidine groups is 1. The van der Waals surface area contributed by atoms with Gasteiger partial charge in [0.05, 0.1) is 13.2 Å². The van der Waals surface area contributed by atoms with E-state index in [1.165, 1.54) is 11.3 Å². The molecule has 1 fully saturated rings. The lowest BCUT2D eigenvalue weighted by Gasteiger charge is -2.21. The Morgan fingerprint density at radius 2 is 2.36 bits per heavy atom. The fraction of sp³-hybridized carbons (Fsp3) is 0.733. The number of thiazole rings is 1. The van der Waals surface area contributed by atoms with Gasteiger partial charge in [-0.3, -0.25) is 4.99 Å². The largest absolute Gasteiger partial charge is 0.381 e. The van der Waals surface area contributed by atoms with Crippen LogP contribution in [-0.4, -0.2) is 49.2 Å². The highest BCUT2D eigenvalue weighted by atomic mass is 127. The first-order valence-electron chi connectivity index (χ1n) is 7.73. The Hall–Kier alpha value is -0.410. The minimum Gasteiger partial charge on any atom is -0.381 e. The molecule has 0 aromatic carbocycles. The van der Waals surface area contributed by atoms with Gasteiger partial charge in [0, 0.05) is 43.7 Å². The van der Waals surface area contributed by atoms with Crippen molar-refractivity contribution in [1.29, 1.82) is 0 Å². The van der Waals surface area contributed by atoms with Gasteiger partial charge in [-0.15, -0.1) is 35.3 Å². The zero-order chi connectivity index (χ0) is 15.1. The van der Waals surface area contributed by atoms with Crippen molar-refractivity contribution in [2.45, 2.75) is 33.2 Å². The van der Waals surface area contributed by atoms with E-state index in [9.17, 15) is 0 Å². The number of nitrogens with one attached hydrogen (secondary N) is 1. The predicted molar refractivity (Wildman–Crippen MR) is 103 cm³/mol. The third kappa shape index (κ3) is 5.66. The number of hydrogen-bond donors (Lipinski definition) is 1. The van der Waals surface area contributed by atoms with Gasteiger partial charge in [-0.1, -0.05) is 6.92 Å². The van der Waals surface area contributed by atoms with Crippen LogP contribution in [0.5, 0.6) is 0 Å². The van der Waals surface area contributed by atoms with E-state index in [2.05, 4.69) is 27.1 Å². The summed E-state index contributed by atoms with van der Waals surface area (Å²) in [6.45, 7) is 8.69. The molecular formula is C15H27IN4OS. The summed E-state index contributed by atoms with van der Waals surface area (Å²) in [6, 6.07) is 0. The second-order valence-electron chi connectivity index (χ2n) is 5.23. The van der Waals surface area contributed by atoms with Crippen molar-refractivity contribution < 1.29 is 4.74 Å². The Morgan fingerprint density at radius 3 is 3.00 bits per heavy atom. The molecule has 0 bridgehead atoms. The molecule has 2 heterocycles. The summed E-state index contributed by atoms with van der Waals surface area (Å²) >= 11 is 1.77. The Kier molecular flexibility index (Phi) is 9.27. The summed E-state index contributed by atoms with van der Waals surface area (Å²) in [5, 5.41) is 4.55. The number of nitrogens with zero attached hydrogens (tertiary/aromatic N) is 3. The molecular weight excluding hydrogens is 411 g/mol. The van der Waals surface area contributed by atoms with E-state index < -0.39 is 0 Å². The van der Waals surface area contributed by atoms with Crippen LogP contribution in [0.25, 0.3) is 0 Å². The van der Waals surface area contributed by atoms with Crippen LogP contribution < -0.4 is 5.32 Å². The van der Waals surface area contributed by atoms with Crippen LogP contribution in [0.15, 0.2) is 11.2 Å². The van der Waals surface area contributed by atoms with E-state index in [1.54, 1.807) is 11.3 Å². The van der Waals surface area contributed by atoms with E-state index in [0.717, 1.165) is 50.2 Å². The van der Waals surface area contributed by atoms with Gasteiger partial charge in [0.2, 0.25) is 0 Å². The zero-order valence-corrected chi connectivity index (χ0v) is 16.8. The molecule has 1 aromatic heterocycles. The van der Waals surface area contributed by atoms with E-state index in [4.69, 9.17) is 4.74 Å². The lowest BCUT2D eigenvalue weighted by atomic mass is 10.1. The van der Waals surface area contributed by atoms with E-state index in [-0.39, 0.29) is 24.0 Å². The number of hydrogen-bond acceptors (Lipinski definition) is 4. The maximum absolute atomic E-state index is 5.53. The van der Waals surface area contributed by atoms with Crippen LogP contribution in [0, 0.1) is 5.92 Å². The van der Waals surface area contributed by atoms with Crippen LogP contribution in [0.2, 0.25) is 0 Å². The van der Waals surface area contributed by atoms with Crippen LogP contribution in [0.1, 0.15) is 30.2 Å². The van der Waals surface area contributed by atoms with Gasteiger partial charge in [-0.05, 0) is 19.8 Å². The van der Waals surface area contributed by atoms with Crippen LogP contribution in [0.3, 0.4) is 0 Å². The van der Waals surface area contributed by atoms with Crippen molar-refractivity contribution in [3.63, 3.8) is 0 Å². The molecule has 0 amide bonds. The summed E-state index contributed by atoms with van der Waals surface area (Å²) in [4.78, 5) is 12.5. The maximum atomic E-state index is 5.53. The molecule has 0 saturated carbocycles. The third-order valence-electron chi connectivity index (χ3n) is 3.70. The first-order valence-corrected chi connectivity index (χ1v) is 8.55. The van der Waals surface area contributed by atoms with Crippen molar-refractivity contribution >= 4 is 41.3 Å². The van der Waals surface area contributed by atoms with Gasteiger partial charge in [0.15, 0.2) is 5.96 Å². The van der Waals surface area contributed by atoms with E-state index in [0.29, 0.717) is 5.92 Å². The molecule has 22 heavy (non-hydrogen) atoms. The first kappa shape index (κ1) is 19.6. The quantitative estimate of drug-likeness (QED) is 0.422. The molecule has 1 unspecified atom stereocenters. The standard InChI is InChI=1S/C15H26N4OS.HI/c1-4-13-8-17-14(21-13)9-18-15(16-3)19-7-6-12(10-19)11-20-5-2;/h8,12H,4-7,9-11H2,1-3H3,(H,16,18);1H. The minimum atomic E-state index is 0. The molecule has 2 rings (SSSR count). The third-order valence-corrected chi connectivity index (χ3v) is 4.84. The average Bonchev–Trinajstić information content (AvgIpc) is 3.15. The SMILES string of the molecule is CCOCC1CCN(C(=NC)NCc2ncc(CC)s2)C1.I. The fourth-order valence-corrected chi connectivity index (χ4v) is 3.33. The molecule has 0 aliphatic carbocycles. The van der Waals surface area contributed by atoms with Crippen LogP contribution in [-0.2, 0) is 17.7 Å². The van der Waals surface area contributed by atoms with Crippen LogP contribution >= 0.6 is 35.3 Å². The summed E-state index contributed by atoms with van der Waals surface area (Å²) in [5.74, 6) is 1.59. The highest BCUT2D eigenvalue weighted by Crippen LogP contribution is 2.17. The molecule has 0 radical (unpaired) electrons. The number of aryl methyl sites for hydroxylation is 1. The van der Waals surface area contributed by atoms with Crippen molar-refractivity contribution in [3.05, 3.63) is 16.1 Å². The van der Waals surface area contributed by atoms with Crippen molar-refractivity contribution in [1.82, 2.24) is 15.2 Å². The monoisotopic (exact) mass is 438 g/mol. The number of ether oxygens (including phenoxy) is 1. The Bertz CT molecular complexity index is 466. The highest BCUT2D eigenvalue weighted by molar-refractivity contribution is 14.0. The molecule has 1 aliphatic rings. The highest BCUT2D eigenvalue weighted by Gasteiger charge is 2.24. The zero-order valence-electron chi connectivity index (χ0n) is 13.7. The van der Waals surface area contributed by atoms with E-state index in [1.807, 2.05) is 20.2 Å². The van der Waals surface area contributed by atoms with Crippen molar-refractivity contribution in [2.24, 2.45) is 10.9 Å². The van der Waals surface area contributed by atoms with Gasteiger partial charge < -0.3 is 15.0 Å². The molecule has 1 aromatic rings. The van der Waals surface area contributed by atoms with Gasteiger partial charge in [-0.2, -0.15) is 0 Å². The molecule has 126 valence electrons. The number of aliphatic imine (C=N–C) groups is 1. The second-order valence-corrected chi connectivity index (χ2v) is 6.43. The smallest absolute Gasteiger partial charge is 0.194 e. The van der Waals surface area contributed by atoms with Crippen LogP contribution in [0.4, 0.5) is 0 Å². The normalized spacial score (nSPS) is 18.4. The van der Waals surface area contributed by atoms with Gasteiger partial charge in [0.25, 0.3) is 0 Å². The number of aromatic nitrogens is 1. The van der Waals surface area contributed by atoms with Crippen molar-refractivity contribution in [2.75, 3.05) is 33.4 Å². The number of halogens is 1. The Labute approximate surface area is 154 Å². The summed E-state index contributed by atoms with van der Waals surface area (Å²) in [7, 11) is 1.84. The lowest BCUT2D eigenvalue weighted by Crippen LogP contribution is -2.39. The van der Waals surface area contributed by atoms with Gasteiger partial charge in [-0.25, -0.2) is 4.98 Å². The topological polar surface area (TPSA) is 49.8 Å². The number of rotatable bonds is 6. The second kappa shape index (κ2) is 10.4. The van der Waals surface area contributed by atoms with Gasteiger partial charge in [0.1, 0.15) is 5.01 Å². The van der Waals surface area contributed by atoms with Gasteiger partial charge >= 0.3 is 0 Å². The van der Waals surface area contributed by atoms with Crippen molar-refractivity contribution in [3.8, 4) is 0 Å². The summed E-state index contributed by atoms with van der Waals surface area (Å²) in [5.41, 5.74) is 0. The molecule has 1 saturated heterocycles. The molecule has 1 N–H and O–H groups in total. The fourth-order valence-electron chi connectivity index (χ4n) is 2.53. The molecule has 0 spiro atoms. The molecule has 7 heteroatoms. The first-order chi connectivity index (χ1) is 10.3. The molecule has 5 nitrogen and oxygen atoms in total. The number of likely N-dealkylation sites (tertiary alicyclic amines) is 1. The molecule has 1 atom stereocenters. The minimum absolute atomic E-state index is 0. The maximum Gasteiger partial charge on any atom is 0.194 e. The average molecular weight is 438 g/mol. The Balaban J connectivity index is 0.00000242. The summed E-state index contributed by atoms with van der Waals surface area (Å²) in [6.07, 6.45) is 4.20. The summed E-state index contributed by atoms with van der Waals surface area (Å²) < 4.78 is 5.53.